The number of aliphatic hydroxyl groups excluding tert-OH is 1. The van der Waals surface area contributed by atoms with Gasteiger partial charge in [-0.05, 0) is 38.8 Å². The minimum Gasteiger partial charge on any atom is -0.505 e. The van der Waals surface area contributed by atoms with Gasteiger partial charge in [0.15, 0.2) is 5.69 Å². The smallest absolute Gasteiger partial charge is 0.359 e. The average molecular weight is 361 g/mol. The zero-order chi connectivity index (χ0) is 19.2. The Bertz CT molecular complexity index is 703. The molecule has 142 valence electrons. The quantitative estimate of drug-likeness (QED) is 0.706. The fourth-order valence-electron chi connectivity index (χ4n) is 2.54. The van der Waals surface area contributed by atoms with E-state index in [0.717, 1.165) is 5.56 Å². The monoisotopic (exact) mass is 361 g/mol. The van der Waals surface area contributed by atoms with E-state index in [9.17, 15) is 15.0 Å². The molecule has 0 unspecified atom stereocenters. The molecular formula is C20H27NO5. The van der Waals surface area contributed by atoms with E-state index in [1.165, 1.54) is 6.07 Å². The maximum atomic E-state index is 12.4. The number of aromatic nitrogens is 1. The summed E-state index contributed by atoms with van der Waals surface area (Å²) in [6, 6.07) is 11.2. The number of hydrogen-bond acceptors (Lipinski definition) is 5. The van der Waals surface area contributed by atoms with Gasteiger partial charge in [0.05, 0.1) is 12.7 Å². The number of aliphatic hydroxyl groups is 1. The highest BCUT2D eigenvalue weighted by Gasteiger charge is 2.25. The first kappa shape index (κ1) is 20.0. The standard InChI is InChI=1S/C20H27NO5/c1-20(2,3)26-19(24)18-17(23)9-11-21(18)13-16(10-12-22)25-14-15-7-5-4-6-8-15/h4-9,11,16,22-23H,10,12-14H2,1-3H3/t16-/m1/s1. The summed E-state index contributed by atoms with van der Waals surface area (Å²) in [4.78, 5) is 12.4. The lowest BCUT2D eigenvalue weighted by molar-refractivity contribution is 0.00214. The molecule has 0 radical (unpaired) electrons. The normalized spacial score (nSPS) is 12.8. The van der Waals surface area contributed by atoms with Gasteiger partial charge in [-0.15, -0.1) is 0 Å². The van der Waals surface area contributed by atoms with Crippen LogP contribution in [0.3, 0.4) is 0 Å². The lowest BCUT2D eigenvalue weighted by Gasteiger charge is -2.22. The molecule has 0 bridgehead atoms. The van der Waals surface area contributed by atoms with Crippen molar-refractivity contribution < 1.29 is 24.5 Å². The summed E-state index contributed by atoms with van der Waals surface area (Å²) < 4.78 is 12.9. The molecule has 0 fully saturated rings. The molecule has 0 saturated heterocycles. The second kappa shape index (κ2) is 8.87. The van der Waals surface area contributed by atoms with Crippen molar-refractivity contribution >= 4 is 5.97 Å². The van der Waals surface area contributed by atoms with Crippen molar-refractivity contribution in [1.29, 1.82) is 0 Å². The molecule has 2 rings (SSSR count). The van der Waals surface area contributed by atoms with Crippen LogP contribution in [0.15, 0.2) is 42.6 Å². The molecule has 0 aliphatic heterocycles. The lowest BCUT2D eigenvalue weighted by atomic mass is 10.2. The molecule has 1 aromatic heterocycles. The van der Waals surface area contributed by atoms with Crippen LogP contribution in [-0.2, 0) is 22.6 Å². The number of aromatic hydroxyl groups is 1. The largest absolute Gasteiger partial charge is 0.505 e. The van der Waals surface area contributed by atoms with Crippen molar-refractivity contribution in [3.63, 3.8) is 0 Å². The van der Waals surface area contributed by atoms with Crippen molar-refractivity contribution in [2.24, 2.45) is 0 Å². The summed E-state index contributed by atoms with van der Waals surface area (Å²) in [7, 11) is 0. The van der Waals surface area contributed by atoms with Crippen molar-refractivity contribution in [2.45, 2.75) is 52.0 Å². The summed E-state index contributed by atoms with van der Waals surface area (Å²) in [5.41, 5.74) is 0.455. The Hall–Kier alpha value is -2.31. The van der Waals surface area contributed by atoms with Gasteiger partial charge in [0.25, 0.3) is 0 Å². The predicted molar refractivity (Wildman–Crippen MR) is 98.0 cm³/mol. The van der Waals surface area contributed by atoms with Gasteiger partial charge in [-0.1, -0.05) is 30.3 Å². The Balaban J connectivity index is 2.09. The van der Waals surface area contributed by atoms with E-state index in [1.54, 1.807) is 31.5 Å². The molecule has 0 amide bonds. The van der Waals surface area contributed by atoms with Gasteiger partial charge in [-0.3, -0.25) is 0 Å². The van der Waals surface area contributed by atoms with Gasteiger partial charge in [-0.2, -0.15) is 0 Å². The Morgan fingerprint density at radius 2 is 1.88 bits per heavy atom. The molecule has 1 heterocycles. The third-order valence-corrected chi connectivity index (χ3v) is 3.71. The molecule has 6 nitrogen and oxygen atoms in total. The Labute approximate surface area is 154 Å². The number of esters is 1. The first-order valence-corrected chi connectivity index (χ1v) is 8.68. The number of benzene rings is 1. The Morgan fingerprint density at radius 3 is 2.50 bits per heavy atom. The number of hydrogen-bond donors (Lipinski definition) is 2. The molecule has 1 aromatic carbocycles. The molecule has 0 spiro atoms. The highest BCUT2D eigenvalue weighted by molar-refractivity contribution is 5.91. The first-order chi connectivity index (χ1) is 12.3. The van der Waals surface area contributed by atoms with Gasteiger partial charge < -0.3 is 24.3 Å². The van der Waals surface area contributed by atoms with Crippen LogP contribution in [0.4, 0.5) is 0 Å². The minimum absolute atomic E-state index is 0.0333. The first-order valence-electron chi connectivity index (χ1n) is 8.68. The predicted octanol–water partition coefficient (Wildman–Crippen LogP) is 3.12. The van der Waals surface area contributed by atoms with E-state index in [-0.39, 0.29) is 24.2 Å². The van der Waals surface area contributed by atoms with E-state index < -0.39 is 11.6 Å². The molecule has 0 aliphatic carbocycles. The topological polar surface area (TPSA) is 80.9 Å². The van der Waals surface area contributed by atoms with Crippen LogP contribution in [0.5, 0.6) is 5.75 Å². The zero-order valence-corrected chi connectivity index (χ0v) is 15.5. The van der Waals surface area contributed by atoms with Crippen LogP contribution < -0.4 is 0 Å². The van der Waals surface area contributed by atoms with Crippen molar-refractivity contribution in [3.05, 3.63) is 53.9 Å². The van der Waals surface area contributed by atoms with Gasteiger partial charge in [0, 0.05) is 19.3 Å². The highest BCUT2D eigenvalue weighted by atomic mass is 16.6. The van der Waals surface area contributed by atoms with Crippen LogP contribution in [0.2, 0.25) is 0 Å². The SMILES string of the molecule is CC(C)(C)OC(=O)c1c(O)ccn1C[C@@H](CCO)OCc1ccccc1. The number of carbonyl (C=O) groups is 1. The fourth-order valence-corrected chi connectivity index (χ4v) is 2.54. The molecule has 26 heavy (non-hydrogen) atoms. The maximum absolute atomic E-state index is 12.4. The van der Waals surface area contributed by atoms with Crippen LogP contribution in [0.25, 0.3) is 0 Å². The third-order valence-electron chi connectivity index (χ3n) is 3.71. The second-order valence-electron chi connectivity index (χ2n) is 7.13. The molecule has 6 heteroatoms. The molecule has 2 N–H and O–H groups in total. The van der Waals surface area contributed by atoms with Crippen molar-refractivity contribution in [3.8, 4) is 5.75 Å². The number of nitrogens with zero attached hydrogens (tertiary/aromatic N) is 1. The van der Waals surface area contributed by atoms with Gasteiger partial charge in [0.1, 0.15) is 11.4 Å². The molecule has 1 atom stereocenters. The van der Waals surface area contributed by atoms with Gasteiger partial charge in [-0.25, -0.2) is 4.79 Å². The minimum atomic E-state index is -0.660. The summed E-state index contributed by atoms with van der Waals surface area (Å²) in [5.74, 6) is -0.726. The number of rotatable bonds is 8. The fraction of sp³-hybridized carbons (Fsp3) is 0.450. The van der Waals surface area contributed by atoms with E-state index in [4.69, 9.17) is 9.47 Å². The van der Waals surface area contributed by atoms with Crippen LogP contribution in [0.1, 0.15) is 43.2 Å². The van der Waals surface area contributed by atoms with Crippen LogP contribution in [0, 0.1) is 0 Å². The molecular weight excluding hydrogens is 334 g/mol. The zero-order valence-electron chi connectivity index (χ0n) is 15.5. The Kier molecular flexibility index (Phi) is 6.83. The van der Waals surface area contributed by atoms with Gasteiger partial charge >= 0.3 is 5.97 Å². The lowest BCUT2D eigenvalue weighted by Crippen LogP contribution is -2.28. The number of carbonyl (C=O) groups excluding carboxylic acids is 1. The van der Waals surface area contributed by atoms with E-state index in [0.29, 0.717) is 19.6 Å². The summed E-state index contributed by atoms with van der Waals surface area (Å²) in [5, 5.41) is 19.4. The summed E-state index contributed by atoms with van der Waals surface area (Å²) >= 11 is 0. The molecule has 0 aliphatic rings. The van der Waals surface area contributed by atoms with E-state index in [2.05, 4.69) is 0 Å². The number of ether oxygens (including phenoxy) is 2. The second-order valence-corrected chi connectivity index (χ2v) is 7.13. The van der Waals surface area contributed by atoms with E-state index >= 15 is 0 Å². The van der Waals surface area contributed by atoms with Crippen molar-refractivity contribution in [1.82, 2.24) is 4.57 Å². The van der Waals surface area contributed by atoms with Crippen molar-refractivity contribution in [2.75, 3.05) is 6.61 Å². The van der Waals surface area contributed by atoms with Gasteiger partial charge in [0.2, 0.25) is 0 Å². The van der Waals surface area contributed by atoms with Crippen LogP contribution in [-0.4, -0.2) is 39.1 Å². The third kappa shape index (κ3) is 5.89. The van der Waals surface area contributed by atoms with Crippen LogP contribution >= 0.6 is 0 Å². The summed E-state index contributed by atoms with van der Waals surface area (Å²) in [6.07, 6.45) is 1.72. The summed E-state index contributed by atoms with van der Waals surface area (Å²) in [6.45, 7) is 6.00. The maximum Gasteiger partial charge on any atom is 0.359 e. The average Bonchev–Trinajstić information content (AvgIpc) is 2.93. The molecule has 2 aromatic rings. The van der Waals surface area contributed by atoms with E-state index in [1.807, 2.05) is 30.3 Å². The highest BCUT2D eigenvalue weighted by Crippen LogP contribution is 2.23. The Morgan fingerprint density at radius 1 is 1.19 bits per heavy atom. The molecule has 0 saturated carbocycles.